The average molecular weight is 274 g/mol. The number of pyridine rings is 1. The topological polar surface area (TPSA) is 71.3 Å². The van der Waals surface area contributed by atoms with E-state index in [0.29, 0.717) is 0 Å². The van der Waals surface area contributed by atoms with E-state index in [1.165, 1.54) is 6.07 Å². The van der Waals surface area contributed by atoms with Gasteiger partial charge in [-0.1, -0.05) is 0 Å². The first-order valence-corrected chi connectivity index (χ1v) is 6.49. The van der Waals surface area contributed by atoms with Gasteiger partial charge in [-0.25, -0.2) is 0 Å². The maximum Gasteiger partial charge on any atom is 0.270 e. The molecule has 0 aliphatic carbocycles. The highest BCUT2D eigenvalue weighted by Crippen LogP contribution is 2.25. The molecule has 0 saturated heterocycles. The van der Waals surface area contributed by atoms with Crippen LogP contribution in [0.15, 0.2) is 30.5 Å². The largest absolute Gasteiger partial charge is 0.384 e. The van der Waals surface area contributed by atoms with Crippen LogP contribution < -0.4 is 5.32 Å². The highest BCUT2D eigenvalue weighted by Gasteiger charge is 2.09. The first-order chi connectivity index (χ1) is 9.58. The number of anilines is 1. The number of aromatic nitrogens is 1. The zero-order chi connectivity index (χ0) is 14.5. The maximum absolute atomic E-state index is 10.9. The van der Waals surface area contributed by atoms with E-state index in [1.807, 2.05) is 20.2 Å². The molecule has 1 aromatic heterocycles. The summed E-state index contributed by atoms with van der Waals surface area (Å²) in [6, 6.07) is 6.57. The quantitative estimate of drug-likeness (QED) is 0.498. The fraction of sp³-hybridized carbons (Fsp3) is 0.357. The van der Waals surface area contributed by atoms with Crippen LogP contribution in [0.25, 0.3) is 10.9 Å². The fourth-order valence-corrected chi connectivity index (χ4v) is 2.02. The zero-order valence-electron chi connectivity index (χ0n) is 11.7. The molecular weight excluding hydrogens is 256 g/mol. The van der Waals surface area contributed by atoms with Gasteiger partial charge in [0.1, 0.15) is 0 Å². The second-order valence-corrected chi connectivity index (χ2v) is 4.90. The molecule has 0 fully saturated rings. The van der Waals surface area contributed by atoms with Crippen LogP contribution in [0.2, 0.25) is 0 Å². The lowest BCUT2D eigenvalue weighted by Crippen LogP contribution is -2.16. The Morgan fingerprint density at radius 2 is 2.15 bits per heavy atom. The molecule has 1 N–H and O–H groups in total. The van der Waals surface area contributed by atoms with E-state index in [-0.39, 0.29) is 10.6 Å². The lowest BCUT2D eigenvalue weighted by molar-refractivity contribution is -0.384. The number of nitro groups is 1. The van der Waals surface area contributed by atoms with Gasteiger partial charge >= 0.3 is 0 Å². The molecule has 0 unspecified atom stereocenters. The predicted molar refractivity (Wildman–Crippen MR) is 80.1 cm³/mol. The van der Waals surface area contributed by atoms with Gasteiger partial charge in [-0.15, -0.1) is 0 Å². The van der Waals surface area contributed by atoms with Crippen molar-refractivity contribution in [3.05, 3.63) is 40.6 Å². The number of nitro benzene ring substituents is 1. The van der Waals surface area contributed by atoms with Crippen LogP contribution in [-0.4, -0.2) is 42.0 Å². The summed E-state index contributed by atoms with van der Waals surface area (Å²) in [5.41, 5.74) is 1.73. The van der Waals surface area contributed by atoms with E-state index >= 15 is 0 Å². The second kappa shape index (κ2) is 6.29. The lowest BCUT2D eigenvalue weighted by atomic mass is 10.1. The number of nitrogens with one attached hydrogen (secondary N) is 1. The maximum atomic E-state index is 10.9. The first kappa shape index (κ1) is 14.2. The van der Waals surface area contributed by atoms with Crippen LogP contribution in [0.4, 0.5) is 11.4 Å². The Hall–Kier alpha value is -2.21. The molecule has 20 heavy (non-hydrogen) atoms. The van der Waals surface area contributed by atoms with Crippen molar-refractivity contribution in [2.75, 3.05) is 32.5 Å². The Morgan fingerprint density at radius 1 is 1.35 bits per heavy atom. The third-order valence-corrected chi connectivity index (χ3v) is 3.03. The fourth-order valence-electron chi connectivity index (χ4n) is 2.02. The van der Waals surface area contributed by atoms with Gasteiger partial charge in [-0.05, 0) is 39.2 Å². The van der Waals surface area contributed by atoms with Crippen LogP contribution in [0.3, 0.4) is 0 Å². The normalized spacial score (nSPS) is 10.9. The molecule has 1 heterocycles. The number of benzene rings is 1. The minimum atomic E-state index is -0.387. The van der Waals surface area contributed by atoms with Gasteiger partial charge in [0.05, 0.1) is 10.4 Å². The van der Waals surface area contributed by atoms with E-state index < -0.39 is 0 Å². The molecule has 0 aliphatic rings. The van der Waals surface area contributed by atoms with Gasteiger partial charge in [0.2, 0.25) is 0 Å². The third-order valence-electron chi connectivity index (χ3n) is 3.03. The minimum absolute atomic E-state index is 0.0850. The molecule has 0 amide bonds. The highest BCUT2D eigenvalue weighted by molar-refractivity contribution is 5.92. The Bertz CT molecular complexity index is 613. The van der Waals surface area contributed by atoms with Gasteiger partial charge in [0.15, 0.2) is 0 Å². The van der Waals surface area contributed by atoms with Crippen molar-refractivity contribution < 1.29 is 4.92 Å². The van der Waals surface area contributed by atoms with Crippen molar-refractivity contribution in [1.29, 1.82) is 0 Å². The third kappa shape index (κ3) is 3.42. The molecule has 106 valence electrons. The Balaban J connectivity index is 2.19. The van der Waals surface area contributed by atoms with Crippen molar-refractivity contribution in [3.8, 4) is 0 Å². The van der Waals surface area contributed by atoms with Crippen LogP contribution in [0.5, 0.6) is 0 Å². The van der Waals surface area contributed by atoms with Crippen molar-refractivity contribution in [1.82, 2.24) is 9.88 Å². The molecule has 2 aromatic rings. The van der Waals surface area contributed by atoms with Gasteiger partial charge < -0.3 is 10.2 Å². The van der Waals surface area contributed by atoms with Gasteiger partial charge in [-0.3, -0.25) is 15.1 Å². The zero-order valence-corrected chi connectivity index (χ0v) is 11.7. The highest BCUT2D eigenvalue weighted by atomic mass is 16.6. The van der Waals surface area contributed by atoms with Gasteiger partial charge in [0, 0.05) is 35.9 Å². The number of hydrogen-bond acceptors (Lipinski definition) is 5. The van der Waals surface area contributed by atoms with Crippen molar-refractivity contribution in [2.24, 2.45) is 0 Å². The predicted octanol–water partition coefficient (Wildman–Crippen LogP) is 2.51. The molecule has 0 saturated carbocycles. The van der Waals surface area contributed by atoms with E-state index in [4.69, 9.17) is 0 Å². The van der Waals surface area contributed by atoms with E-state index in [0.717, 1.165) is 36.1 Å². The Kier molecular flexibility index (Phi) is 4.47. The number of fused-ring (bicyclic) bond motifs is 1. The SMILES string of the molecule is CN(C)CCCNc1ccnc2ccc([N+](=O)[O-])cc12. The van der Waals surface area contributed by atoms with Crippen LogP contribution in [-0.2, 0) is 0 Å². The summed E-state index contributed by atoms with van der Waals surface area (Å²) < 4.78 is 0. The van der Waals surface area contributed by atoms with Crippen molar-refractivity contribution in [3.63, 3.8) is 0 Å². The number of hydrogen-bond donors (Lipinski definition) is 1. The Labute approximate surface area is 117 Å². The molecule has 0 atom stereocenters. The molecule has 6 nitrogen and oxygen atoms in total. The smallest absolute Gasteiger partial charge is 0.270 e. The van der Waals surface area contributed by atoms with E-state index in [1.54, 1.807) is 18.3 Å². The average Bonchev–Trinajstić information content (AvgIpc) is 2.42. The number of nitrogens with zero attached hydrogens (tertiary/aromatic N) is 3. The number of non-ortho nitro benzene ring substituents is 1. The van der Waals surface area contributed by atoms with Gasteiger partial charge in [-0.2, -0.15) is 0 Å². The summed E-state index contributed by atoms with van der Waals surface area (Å²) in [4.78, 5) is 16.8. The number of rotatable bonds is 6. The second-order valence-electron chi connectivity index (χ2n) is 4.90. The molecule has 6 heteroatoms. The summed E-state index contributed by atoms with van der Waals surface area (Å²) >= 11 is 0. The minimum Gasteiger partial charge on any atom is -0.384 e. The molecular formula is C14H18N4O2. The molecule has 1 aromatic carbocycles. The molecule has 0 radical (unpaired) electrons. The van der Waals surface area contributed by atoms with Crippen molar-refractivity contribution in [2.45, 2.75) is 6.42 Å². The summed E-state index contributed by atoms with van der Waals surface area (Å²) in [6.07, 6.45) is 2.72. The van der Waals surface area contributed by atoms with Gasteiger partial charge in [0.25, 0.3) is 5.69 Å². The van der Waals surface area contributed by atoms with Crippen LogP contribution in [0, 0.1) is 10.1 Å². The molecule has 0 aliphatic heterocycles. The first-order valence-electron chi connectivity index (χ1n) is 6.49. The summed E-state index contributed by atoms with van der Waals surface area (Å²) in [6.45, 7) is 1.82. The standard InChI is InChI=1S/C14H18N4O2/c1-17(2)9-3-7-15-14-6-8-16-13-5-4-11(18(19)20)10-12(13)14/h4-6,8,10H,3,7,9H2,1-2H3,(H,15,16). The van der Waals surface area contributed by atoms with Crippen LogP contribution in [0.1, 0.15) is 6.42 Å². The summed E-state index contributed by atoms with van der Waals surface area (Å²) in [7, 11) is 4.07. The van der Waals surface area contributed by atoms with E-state index in [2.05, 4.69) is 15.2 Å². The van der Waals surface area contributed by atoms with Crippen LogP contribution >= 0.6 is 0 Å². The molecule has 0 bridgehead atoms. The summed E-state index contributed by atoms with van der Waals surface area (Å²) in [5.74, 6) is 0. The molecule has 0 spiro atoms. The monoisotopic (exact) mass is 274 g/mol. The van der Waals surface area contributed by atoms with Crippen molar-refractivity contribution >= 4 is 22.3 Å². The molecule has 2 rings (SSSR count). The Morgan fingerprint density at radius 3 is 2.85 bits per heavy atom. The van der Waals surface area contributed by atoms with E-state index in [9.17, 15) is 10.1 Å². The lowest BCUT2D eigenvalue weighted by Gasteiger charge is -2.12. The summed E-state index contributed by atoms with van der Waals surface area (Å²) in [5, 5.41) is 15.0.